The molecule has 1 N–H and O–H groups in total. The minimum atomic E-state index is -0.283. The van der Waals surface area contributed by atoms with Gasteiger partial charge in [-0.25, -0.2) is 4.98 Å². The van der Waals surface area contributed by atoms with Crippen LogP contribution < -0.4 is 5.32 Å². The monoisotopic (exact) mass is 373 g/mol. The Kier molecular flexibility index (Phi) is 6.64. The third-order valence-corrected chi connectivity index (χ3v) is 5.27. The molecule has 0 saturated heterocycles. The van der Waals surface area contributed by atoms with E-state index in [0.717, 1.165) is 23.1 Å². The lowest BCUT2D eigenvalue weighted by atomic mass is 10.1. The predicted molar refractivity (Wildman–Crippen MR) is 107 cm³/mol. The van der Waals surface area contributed by atoms with E-state index in [1.54, 1.807) is 24.3 Å². The van der Waals surface area contributed by atoms with E-state index in [9.17, 15) is 9.59 Å². The normalized spacial score (nSPS) is 12.3. The SMILES string of the molecule is CC(=O)c1ccc(NC(=O)[C@@H](C)Sc2nc(C)c(C)n2CC(C)C)cc1. The Morgan fingerprint density at radius 1 is 1.15 bits per heavy atom. The fourth-order valence-corrected chi connectivity index (χ4v) is 3.55. The molecule has 0 saturated carbocycles. The van der Waals surface area contributed by atoms with E-state index in [1.807, 2.05) is 13.8 Å². The van der Waals surface area contributed by atoms with E-state index in [1.165, 1.54) is 18.7 Å². The number of aromatic nitrogens is 2. The van der Waals surface area contributed by atoms with Gasteiger partial charge in [0.1, 0.15) is 0 Å². The number of ketones is 1. The minimum absolute atomic E-state index is 0.00882. The van der Waals surface area contributed by atoms with Gasteiger partial charge >= 0.3 is 0 Å². The molecule has 1 aromatic heterocycles. The second kappa shape index (κ2) is 8.54. The maximum atomic E-state index is 12.5. The molecule has 1 atom stereocenters. The van der Waals surface area contributed by atoms with Crippen LogP contribution in [0.25, 0.3) is 0 Å². The zero-order valence-corrected chi connectivity index (χ0v) is 17.1. The summed E-state index contributed by atoms with van der Waals surface area (Å²) in [5, 5.41) is 3.50. The van der Waals surface area contributed by atoms with Crippen molar-refractivity contribution in [2.24, 2.45) is 5.92 Å². The van der Waals surface area contributed by atoms with Crippen LogP contribution in [0.3, 0.4) is 0 Å². The number of benzene rings is 1. The molecule has 1 aromatic carbocycles. The van der Waals surface area contributed by atoms with Crippen molar-refractivity contribution in [3.63, 3.8) is 0 Å². The fraction of sp³-hybridized carbons (Fsp3) is 0.450. The van der Waals surface area contributed by atoms with E-state index in [0.29, 0.717) is 17.2 Å². The Morgan fingerprint density at radius 2 is 1.77 bits per heavy atom. The van der Waals surface area contributed by atoms with Crippen molar-refractivity contribution >= 4 is 29.1 Å². The van der Waals surface area contributed by atoms with Crippen molar-refractivity contribution in [3.05, 3.63) is 41.2 Å². The van der Waals surface area contributed by atoms with Gasteiger partial charge in [-0.15, -0.1) is 0 Å². The Morgan fingerprint density at radius 3 is 2.31 bits per heavy atom. The standard InChI is InChI=1S/C20H27N3O2S/c1-12(2)11-23-14(4)13(3)21-20(23)26-16(6)19(25)22-18-9-7-17(8-10-18)15(5)24/h7-10,12,16H,11H2,1-6H3,(H,22,25)/t16-/m1/s1. The fourth-order valence-electron chi connectivity index (χ4n) is 2.54. The summed E-state index contributed by atoms with van der Waals surface area (Å²) >= 11 is 1.47. The molecule has 0 bridgehead atoms. The summed E-state index contributed by atoms with van der Waals surface area (Å²) in [5.41, 5.74) is 3.46. The number of rotatable bonds is 7. The highest BCUT2D eigenvalue weighted by Gasteiger charge is 2.20. The number of amides is 1. The number of imidazole rings is 1. The molecule has 26 heavy (non-hydrogen) atoms. The van der Waals surface area contributed by atoms with E-state index in [-0.39, 0.29) is 16.9 Å². The molecule has 0 aliphatic carbocycles. The molecule has 5 nitrogen and oxygen atoms in total. The van der Waals surface area contributed by atoms with Gasteiger partial charge in [-0.05, 0) is 57.9 Å². The van der Waals surface area contributed by atoms with Crippen molar-refractivity contribution in [1.82, 2.24) is 9.55 Å². The molecular weight excluding hydrogens is 346 g/mol. The number of carbonyl (C=O) groups excluding carboxylic acids is 2. The zero-order chi connectivity index (χ0) is 19.4. The average Bonchev–Trinajstić information content (AvgIpc) is 2.82. The minimum Gasteiger partial charge on any atom is -0.325 e. The number of thioether (sulfide) groups is 1. The molecule has 2 aromatic rings. The van der Waals surface area contributed by atoms with Gasteiger partial charge in [0.05, 0.1) is 10.9 Å². The first kappa shape index (κ1) is 20.2. The molecular formula is C20H27N3O2S. The van der Waals surface area contributed by atoms with Crippen LogP contribution in [0, 0.1) is 19.8 Å². The maximum absolute atomic E-state index is 12.5. The molecule has 0 aliphatic heterocycles. The highest BCUT2D eigenvalue weighted by Crippen LogP contribution is 2.27. The van der Waals surface area contributed by atoms with E-state index in [4.69, 9.17) is 0 Å². The van der Waals surface area contributed by atoms with Crippen LogP contribution in [0.15, 0.2) is 29.4 Å². The quantitative estimate of drug-likeness (QED) is 0.574. The summed E-state index contributed by atoms with van der Waals surface area (Å²) in [7, 11) is 0. The van der Waals surface area contributed by atoms with E-state index >= 15 is 0 Å². The van der Waals surface area contributed by atoms with Crippen LogP contribution in [-0.2, 0) is 11.3 Å². The number of nitrogens with one attached hydrogen (secondary N) is 1. The van der Waals surface area contributed by atoms with Crippen LogP contribution in [0.2, 0.25) is 0 Å². The lowest BCUT2D eigenvalue weighted by Crippen LogP contribution is -2.23. The third kappa shape index (κ3) is 4.97. The summed E-state index contributed by atoms with van der Waals surface area (Å²) in [6, 6.07) is 6.94. The molecule has 1 heterocycles. The van der Waals surface area contributed by atoms with Gasteiger partial charge < -0.3 is 9.88 Å². The summed E-state index contributed by atoms with van der Waals surface area (Å²) in [4.78, 5) is 28.5. The summed E-state index contributed by atoms with van der Waals surface area (Å²) in [6.45, 7) is 12.7. The second-order valence-corrected chi connectivity index (χ2v) is 8.26. The van der Waals surface area contributed by atoms with Gasteiger partial charge in [0.25, 0.3) is 0 Å². The smallest absolute Gasteiger partial charge is 0.237 e. The molecule has 0 aliphatic rings. The topological polar surface area (TPSA) is 64.0 Å². The summed E-state index contributed by atoms with van der Waals surface area (Å²) in [6.07, 6.45) is 0. The van der Waals surface area contributed by atoms with Crippen LogP contribution in [0.5, 0.6) is 0 Å². The third-order valence-electron chi connectivity index (χ3n) is 4.18. The Bertz CT molecular complexity index is 794. The largest absolute Gasteiger partial charge is 0.325 e. The number of Topliss-reactive ketones (excluding diaryl/α,β-unsaturated/α-hetero) is 1. The molecule has 0 radical (unpaired) electrons. The number of hydrogen-bond donors (Lipinski definition) is 1. The molecule has 0 fully saturated rings. The van der Waals surface area contributed by atoms with Gasteiger partial charge in [0.15, 0.2) is 10.9 Å². The van der Waals surface area contributed by atoms with Crippen molar-refractivity contribution in [3.8, 4) is 0 Å². The summed E-state index contributed by atoms with van der Waals surface area (Å²) < 4.78 is 2.19. The highest BCUT2D eigenvalue weighted by molar-refractivity contribution is 8.00. The van der Waals surface area contributed by atoms with Gasteiger partial charge in [0, 0.05) is 23.5 Å². The van der Waals surface area contributed by atoms with Crippen molar-refractivity contribution in [2.45, 2.75) is 58.5 Å². The van der Waals surface area contributed by atoms with Gasteiger partial charge in [-0.2, -0.15) is 0 Å². The van der Waals surface area contributed by atoms with Crippen LogP contribution in [-0.4, -0.2) is 26.5 Å². The van der Waals surface area contributed by atoms with Crippen LogP contribution >= 0.6 is 11.8 Å². The predicted octanol–water partition coefficient (Wildman–Crippen LogP) is 4.48. The number of anilines is 1. The first-order chi connectivity index (χ1) is 12.2. The molecule has 0 unspecified atom stereocenters. The van der Waals surface area contributed by atoms with Crippen LogP contribution in [0.1, 0.15) is 49.4 Å². The van der Waals surface area contributed by atoms with Crippen LogP contribution in [0.4, 0.5) is 5.69 Å². The Labute approximate surface area is 159 Å². The summed E-state index contributed by atoms with van der Waals surface area (Å²) in [5.74, 6) is 0.431. The molecule has 1 amide bonds. The van der Waals surface area contributed by atoms with Gasteiger partial charge in [-0.3, -0.25) is 9.59 Å². The second-order valence-electron chi connectivity index (χ2n) is 6.95. The van der Waals surface area contributed by atoms with E-state index in [2.05, 4.69) is 35.6 Å². The average molecular weight is 374 g/mol. The van der Waals surface area contributed by atoms with Crippen molar-refractivity contribution < 1.29 is 9.59 Å². The maximum Gasteiger partial charge on any atom is 0.237 e. The first-order valence-electron chi connectivity index (χ1n) is 8.81. The van der Waals surface area contributed by atoms with Crippen molar-refractivity contribution in [1.29, 1.82) is 0 Å². The number of aryl methyl sites for hydroxylation is 1. The molecule has 0 spiro atoms. The first-order valence-corrected chi connectivity index (χ1v) is 9.69. The molecule has 6 heteroatoms. The number of nitrogens with zero attached hydrogens (tertiary/aromatic N) is 2. The number of hydrogen-bond acceptors (Lipinski definition) is 4. The van der Waals surface area contributed by atoms with Crippen molar-refractivity contribution in [2.75, 3.05) is 5.32 Å². The lowest BCUT2D eigenvalue weighted by molar-refractivity contribution is -0.115. The van der Waals surface area contributed by atoms with Gasteiger partial charge in [-0.1, -0.05) is 25.6 Å². The molecule has 140 valence electrons. The zero-order valence-electron chi connectivity index (χ0n) is 16.3. The van der Waals surface area contributed by atoms with Gasteiger partial charge in [0.2, 0.25) is 5.91 Å². The number of carbonyl (C=O) groups is 2. The highest BCUT2D eigenvalue weighted by atomic mass is 32.2. The molecule has 2 rings (SSSR count). The Balaban J connectivity index is 2.07. The Hall–Kier alpha value is -2.08. The van der Waals surface area contributed by atoms with E-state index < -0.39 is 0 Å². The lowest BCUT2D eigenvalue weighted by Gasteiger charge is -2.15.